The Kier molecular flexibility index (Phi) is 6.03. The van der Waals surface area contributed by atoms with Crippen molar-refractivity contribution in [3.8, 4) is 11.5 Å². The van der Waals surface area contributed by atoms with E-state index in [4.69, 9.17) is 11.5 Å². The number of benzene rings is 3. The summed E-state index contributed by atoms with van der Waals surface area (Å²) in [7, 11) is 0. The van der Waals surface area contributed by atoms with Crippen molar-refractivity contribution in [2.24, 2.45) is 0 Å². The van der Waals surface area contributed by atoms with E-state index in [0.717, 1.165) is 0 Å². The number of nitrogens with two attached hydrogens (primary N) is 2. The monoisotopic (exact) mass is 485 g/mol. The van der Waals surface area contributed by atoms with Crippen LogP contribution in [-0.4, -0.2) is 28.5 Å². The Hall–Kier alpha value is -4.09. The van der Waals surface area contributed by atoms with E-state index >= 15 is 0 Å². The van der Waals surface area contributed by atoms with Crippen LogP contribution in [0.3, 0.4) is 0 Å². The zero-order valence-corrected chi connectivity index (χ0v) is 17.0. The Bertz CT molecular complexity index is 1210. The average molecular weight is 485 g/mol. The summed E-state index contributed by atoms with van der Waals surface area (Å²) in [4.78, 5) is 12.4. The molecule has 0 heterocycles. The van der Waals surface area contributed by atoms with E-state index in [1.54, 1.807) is 0 Å². The van der Waals surface area contributed by atoms with Gasteiger partial charge in [0, 0.05) is 11.3 Å². The Balaban J connectivity index is 2.22. The third-order valence-electron chi connectivity index (χ3n) is 5.16. The summed E-state index contributed by atoms with van der Waals surface area (Å²) in [6.45, 7) is 0. The van der Waals surface area contributed by atoms with Crippen LogP contribution in [0, 0.1) is 0 Å². The number of amides is 1. The van der Waals surface area contributed by atoms with Crippen molar-refractivity contribution in [3.05, 3.63) is 77.4 Å². The van der Waals surface area contributed by atoms with Crippen molar-refractivity contribution in [2.75, 3.05) is 16.8 Å². The molecule has 7 N–H and O–H groups in total. The van der Waals surface area contributed by atoms with Gasteiger partial charge in [0.1, 0.15) is 11.5 Å². The number of phenolic OH excluding ortho intramolecular Hbond substituents is 2. The minimum atomic E-state index is -5.94. The van der Waals surface area contributed by atoms with Gasteiger partial charge in [0.25, 0.3) is 5.91 Å². The maximum Gasteiger partial charge on any atom is 0.411 e. The summed E-state index contributed by atoms with van der Waals surface area (Å²) in [5.41, 5.74) is 2.55. The molecule has 180 valence electrons. The lowest BCUT2D eigenvalue weighted by Gasteiger charge is -2.38. The highest BCUT2D eigenvalue weighted by atomic mass is 19.4. The number of hydrogen-bond acceptors (Lipinski definition) is 5. The number of rotatable bonds is 4. The second-order valence-electron chi connectivity index (χ2n) is 7.33. The highest BCUT2D eigenvalue weighted by Crippen LogP contribution is 2.57. The fourth-order valence-corrected chi connectivity index (χ4v) is 3.47. The topological polar surface area (TPSA) is 122 Å². The smallest absolute Gasteiger partial charge is 0.411 e. The Morgan fingerprint density at radius 2 is 1.24 bits per heavy atom. The fourth-order valence-electron chi connectivity index (χ4n) is 3.47. The van der Waals surface area contributed by atoms with E-state index < -0.39 is 57.7 Å². The molecule has 0 unspecified atom stereocenters. The van der Waals surface area contributed by atoms with Gasteiger partial charge in [-0.1, -0.05) is 12.1 Å². The van der Waals surface area contributed by atoms with Crippen LogP contribution in [0.4, 0.5) is 43.4 Å². The van der Waals surface area contributed by atoms with Gasteiger partial charge >= 0.3 is 12.4 Å². The molecule has 6 nitrogen and oxygen atoms in total. The van der Waals surface area contributed by atoms with Crippen LogP contribution in [0.1, 0.15) is 21.5 Å². The van der Waals surface area contributed by atoms with Crippen molar-refractivity contribution >= 4 is 23.0 Å². The molecule has 3 rings (SSSR count). The molecule has 3 aromatic rings. The van der Waals surface area contributed by atoms with Crippen molar-refractivity contribution < 1.29 is 41.4 Å². The molecular formula is C22H17F6N3O3. The van der Waals surface area contributed by atoms with Gasteiger partial charge in [-0.3, -0.25) is 4.79 Å². The van der Waals surface area contributed by atoms with Gasteiger partial charge in [-0.15, -0.1) is 0 Å². The number of phenols is 2. The summed E-state index contributed by atoms with van der Waals surface area (Å²) in [5.74, 6) is -2.38. The standard InChI is InChI=1S/C22H17F6N3O3/c23-21(24,25)20(22(26,27)28,12-3-7-17(32)15(30)9-12)13-4-8-18(33)16(10-13)31-19(34)11-1-5-14(29)6-2-11/h1-10,32-33H,29-30H2,(H,31,34). The number of halogens is 6. The van der Waals surface area contributed by atoms with Gasteiger partial charge in [-0.25, -0.2) is 0 Å². The van der Waals surface area contributed by atoms with Crippen molar-refractivity contribution in [1.82, 2.24) is 0 Å². The molecule has 0 aliphatic rings. The molecule has 0 radical (unpaired) electrons. The molecule has 0 bridgehead atoms. The molecule has 0 spiro atoms. The number of anilines is 3. The number of carbonyl (C=O) groups is 1. The van der Waals surface area contributed by atoms with E-state index in [-0.39, 0.29) is 5.56 Å². The third kappa shape index (κ3) is 4.14. The lowest BCUT2D eigenvalue weighted by atomic mass is 9.72. The minimum absolute atomic E-state index is 0.0109. The minimum Gasteiger partial charge on any atom is -0.506 e. The van der Waals surface area contributed by atoms with Gasteiger partial charge in [0.05, 0.1) is 11.4 Å². The number of aromatic hydroxyl groups is 2. The number of nitrogen functional groups attached to an aromatic ring is 2. The molecule has 12 heteroatoms. The molecule has 1 amide bonds. The van der Waals surface area contributed by atoms with E-state index in [2.05, 4.69) is 5.32 Å². The fraction of sp³-hybridized carbons (Fsp3) is 0.136. The van der Waals surface area contributed by atoms with Crippen LogP contribution in [0.25, 0.3) is 0 Å². The molecule has 0 aliphatic heterocycles. The average Bonchev–Trinajstić information content (AvgIpc) is 2.71. The molecule has 0 atom stereocenters. The lowest BCUT2D eigenvalue weighted by molar-refractivity contribution is -0.288. The van der Waals surface area contributed by atoms with Gasteiger partial charge < -0.3 is 27.0 Å². The van der Waals surface area contributed by atoms with Crippen LogP contribution < -0.4 is 16.8 Å². The van der Waals surface area contributed by atoms with Gasteiger partial charge in [-0.05, 0) is 59.7 Å². The van der Waals surface area contributed by atoms with E-state index in [1.165, 1.54) is 24.3 Å². The second kappa shape index (κ2) is 8.36. The molecule has 3 aromatic carbocycles. The van der Waals surface area contributed by atoms with Crippen LogP contribution in [-0.2, 0) is 5.41 Å². The van der Waals surface area contributed by atoms with E-state index in [0.29, 0.717) is 42.1 Å². The number of carbonyl (C=O) groups excluding carboxylic acids is 1. The predicted octanol–water partition coefficient (Wildman–Crippen LogP) is 4.93. The van der Waals surface area contributed by atoms with Crippen molar-refractivity contribution in [2.45, 2.75) is 17.8 Å². The van der Waals surface area contributed by atoms with Crippen molar-refractivity contribution in [3.63, 3.8) is 0 Å². The molecule has 0 aromatic heterocycles. The summed E-state index contributed by atoms with van der Waals surface area (Å²) in [5, 5.41) is 21.7. The largest absolute Gasteiger partial charge is 0.506 e. The molecule has 0 saturated heterocycles. The Labute approximate surface area is 188 Å². The van der Waals surface area contributed by atoms with Gasteiger partial charge in [0.15, 0.2) is 0 Å². The predicted molar refractivity (Wildman–Crippen MR) is 112 cm³/mol. The first-order chi connectivity index (χ1) is 15.7. The van der Waals surface area contributed by atoms with E-state index in [9.17, 15) is 41.4 Å². The molecule has 0 aliphatic carbocycles. The summed E-state index contributed by atoms with van der Waals surface area (Å²) >= 11 is 0. The highest BCUT2D eigenvalue weighted by Gasteiger charge is 2.72. The normalized spacial score (nSPS) is 12.4. The van der Waals surface area contributed by atoms with Crippen LogP contribution in [0.5, 0.6) is 11.5 Å². The second-order valence-corrected chi connectivity index (χ2v) is 7.33. The van der Waals surface area contributed by atoms with Crippen LogP contribution in [0.2, 0.25) is 0 Å². The molecular weight excluding hydrogens is 468 g/mol. The maximum absolute atomic E-state index is 14.3. The van der Waals surface area contributed by atoms with E-state index in [1.807, 2.05) is 0 Å². The number of hydrogen-bond donors (Lipinski definition) is 5. The highest BCUT2D eigenvalue weighted by molar-refractivity contribution is 6.05. The van der Waals surface area contributed by atoms with Gasteiger partial charge in [-0.2, -0.15) is 26.3 Å². The molecule has 0 saturated carbocycles. The molecule has 34 heavy (non-hydrogen) atoms. The van der Waals surface area contributed by atoms with Crippen LogP contribution >= 0.6 is 0 Å². The SMILES string of the molecule is Nc1ccc(C(=O)Nc2cc(C(c3ccc(O)c(N)c3)(C(F)(F)F)C(F)(F)F)ccc2O)cc1. The first kappa shape index (κ1) is 24.6. The Morgan fingerprint density at radius 1 is 0.735 bits per heavy atom. The summed E-state index contributed by atoms with van der Waals surface area (Å²) in [6.07, 6.45) is -11.9. The zero-order valence-electron chi connectivity index (χ0n) is 17.0. The first-order valence-corrected chi connectivity index (χ1v) is 9.41. The summed E-state index contributed by atoms with van der Waals surface area (Å²) < 4.78 is 85.7. The quantitative estimate of drug-likeness (QED) is 0.204. The van der Waals surface area contributed by atoms with Crippen molar-refractivity contribution in [1.29, 1.82) is 0 Å². The van der Waals surface area contributed by atoms with Crippen LogP contribution in [0.15, 0.2) is 60.7 Å². The number of nitrogens with one attached hydrogen (secondary N) is 1. The zero-order chi connectivity index (χ0) is 25.5. The maximum atomic E-state index is 14.3. The first-order valence-electron chi connectivity index (χ1n) is 9.41. The Morgan fingerprint density at radius 3 is 1.74 bits per heavy atom. The van der Waals surface area contributed by atoms with Gasteiger partial charge in [0.2, 0.25) is 5.41 Å². The molecule has 0 fully saturated rings. The summed E-state index contributed by atoms with van der Waals surface area (Å²) in [6, 6.07) is 8.14. The number of alkyl halides is 6. The third-order valence-corrected chi connectivity index (χ3v) is 5.16. The lowest BCUT2D eigenvalue weighted by Crippen LogP contribution is -2.54.